The van der Waals surface area contributed by atoms with E-state index in [1.165, 1.54) is 0 Å². The smallest absolute Gasteiger partial charge is 0.0570 e. The van der Waals surface area contributed by atoms with Gasteiger partial charge in [0.15, 0.2) is 0 Å². The highest BCUT2D eigenvalue weighted by atomic mass is 16.5. The van der Waals surface area contributed by atoms with Crippen LogP contribution in [0, 0.1) is 5.41 Å². The van der Waals surface area contributed by atoms with Crippen molar-refractivity contribution in [2.24, 2.45) is 5.41 Å². The Balaban J connectivity index is 1.90. The van der Waals surface area contributed by atoms with Gasteiger partial charge in [-0.1, -0.05) is 6.07 Å². The van der Waals surface area contributed by atoms with Gasteiger partial charge in [0.25, 0.3) is 0 Å². The molecule has 0 radical (unpaired) electrons. The molecule has 1 fully saturated rings. The average Bonchev–Trinajstić information content (AvgIpc) is 2.47. The van der Waals surface area contributed by atoms with Crippen LogP contribution in [0.3, 0.4) is 0 Å². The van der Waals surface area contributed by atoms with Gasteiger partial charge in [-0.05, 0) is 31.9 Å². The lowest BCUT2D eigenvalue weighted by Crippen LogP contribution is -2.42. The average molecular weight is 250 g/mol. The highest BCUT2D eigenvalue weighted by Gasteiger charge is 2.32. The first-order valence-corrected chi connectivity index (χ1v) is 6.59. The summed E-state index contributed by atoms with van der Waals surface area (Å²) >= 11 is 0. The number of rotatable bonds is 5. The van der Waals surface area contributed by atoms with Crippen LogP contribution in [-0.4, -0.2) is 36.5 Å². The van der Waals surface area contributed by atoms with Crippen LogP contribution in [0.4, 0.5) is 0 Å². The van der Waals surface area contributed by atoms with Crippen molar-refractivity contribution >= 4 is 0 Å². The second-order valence-electron chi connectivity index (χ2n) is 5.13. The predicted octanol–water partition coefficient (Wildman–Crippen LogP) is 1.52. The summed E-state index contributed by atoms with van der Waals surface area (Å²) in [5.41, 5.74) is 1.01. The number of hydrogen-bond donors (Lipinski definition) is 2. The molecular formula is C14H22N2O2. The highest BCUT2D eigenvalue weighted by Crippen LogP contribution is 2.29. The summed E-state index contributed by atoms with van der Waals surface area (Å²) in [6, 6.07) is 6.14. The van der Waals surface area contributed by atoms with Gasteiger partial charge in [-0.2, -0.15) is 0 Å². The molecule has 0 bridgehead atoms. The second-order valence-corrected chi connectivity index (χ2v) is 5.13. The Morgan fingerprint density at radius 2 is 2.22 bits per heavy atom. The van der Waals surface area contributed by atoms with E-state index >= 15 is 0 Å². The van der Waals surface area contributed by atoms with Crippen LogP contribution in [0.15, 0.2) is 24.4 Å². The number of hydrogen-bond acceptors (Lipinski definition) is 4. The standard InChI is InChI=1S/C14H22N2O2/c1-12(13-4-2-3-7-15-13)16-10-14(11-17)5-8-18-9-6-14/h2-4,7,12,16-17H,5-6,8-11H2,1H3. The van der Waals surface area contributed by atoms with Gasteiger partial charge in [0.05, 0.1) is 12.3 Å². The van der Waals surface area contributed by atoms with E-state index in [0.717, 1.165) is 38.3 Å². The van der Waals surface area contributed by atoms with Crippen molar-refractivity contribution in [3.05, 3.63) is 30.1 Å². The lowest BCUT2D eigenvalue weighted by atomic mass is 9.81. The van der Waals surface area contributed by atoms with Crippen molar-refractivity contribution in [1.82, 2.24) is 10.3 Å². The van der Waals surface area contributed by atoms with Gasteiger partial charge in [-0.25, -0.2) is 0 Å². The molecule has 2 heterocycles. The first kappa shape index (κ1) is 13.5. The van der Waals surface area contributed by atoms with Crippen molar-refractivity contribution in [1.29, 1.82) is 0 Å². The SMILES string of the molecule is CC(NCC1(CO)CCOCC1)c1ccccn1. The lowest BCUT2D eigenvalue weighted by molar-refractivity contribution is -0.0163. The summed E-state index contributed by atoms with van der Waals surface area (Å²) in [6.45, 7) is 4.63. The molecule has 1 aliphatic rings. The molecule has 2 rings (SSSR count). The van der Waals surface area contributed by atoms with E-state index in [1.54, 1.807) is 0 Å². The zero-order chi connectivity index (χ0) is 12.8. The second kappa shape index (κ2) is 6.27. The Kier molecular flexibility index (Phi) is 4.69. The summed E-state index contributed by atoms with van der Waals surface area (Å²) in [4.78, 5) is 4.34. The minimum Gasteiger partial charge on any atom is -0.396 e. The van der Waals surface area contributed by atoms with Crippen molar-refractivity contribution in [2.45, 2.75) is 25.8 Å². The van der Waals surface area contributed by atoms with Crippen molar-refractivity contribution in [3.63, 3.8) is 0 Å². The number of ether oxygens (including phenoxy) is 1. The van der Waals surface area contributed by atoms with E-state index in [9.17, 15) is 5.11 Å². The van der Waals surface area contributed by atoms with Crippen molar-refractivity contribution in [3.8, 4) is 0 Å². The van der Waals surface area contributed by atoms with Gasteiger partial charge in [0.2, 0.25) is 0 Å². The van der Waals surface area contributed by atoms with E-state index in [1.807, 2.05) is 24.4 Å². The Morgan fingerprint density at radius 1 is 1.44 bits per heavy atom. The fourth-order valence-electron chi connectivity index (χ4n) is 2.30. The molecule has 100 valence electrons. The van der Waals surface area contributed by atoms with Crippen molar-refractivity contribution < 1.29 is 9.84 Å². The maximum atomic E-state index is 9.61. The maximum absolute atomic E-state index is 9.61. The van der Waals surface area contributed by atoms with E-state index in [4.69, 9.17) is 4.74 Å². The Morgan fingerprint density at radius 3 is 2.83 bits per heavy atom. The van der Waals surface area contributed by atoms with Crippen LogP contribution in [0.5, 0.6) is 0 Å². The summed E-state index contributed by atoms with van der Waals surface area (Å²) < 4.78 is 5.37. The third-order valence-electron chi connectivity index (χ3n) is 3.80. The molecule has 0 saturated carbocycles. The fraction of sp³-hybridized carbons (Fsp3) is 0.643. The van der Waals surface area contributed by atoms with Crippen molar-refractivity contribution in [2.75, 3.05) is 26.4 Å². The van der Waals surface area contributed by atoms with Crippen LogP contribution < -0.4 is 5.32 Å². The summed E-state index contributed by atoms with van der Waals surface area (Å²) in [5, 5.41) is 13.1. The first-order valence-electron chi connectivity index (χ1n) is 6.59. The molecule has 0 amide bonds. The van der Waals surface area contributed by atoms with Crippen LogP contribution >= 0.6 is 0 Å². The molecule has 1 aliphatic heterocycles. The Bertz CT molecular complexity index is 350. The van der Waals surface area contributed by atoms with Gasteiger partial charge in [0.1, 0.15) is 0 Å². The summed E-state index contributed by atoms with van der Waals surface area (Å²) in [5.74, 6) is 0. The molecular weight excluding hydrogens is 228 g/mol. The number of aliphatic hydroxyl groups excluding tert-OH is 1. The molecule has 1 saturated heterocycles. The molecule has 2 N–H and O–H groups in total. The Hall–Kier alpha value is -0.970. The molecule has 1 aromatic rings. The number of nitrogens with one attached hydrogen (secondary N) is 1. The Labute approximate surface area is 108 Å². The first-order chi connectivity index (χ1) is 8.76. The quantitative estimate of drug-likeness (QED) is 0.832. The molecule has 18 heavy (non-hydrogen) atoms. The molecule has 1 aromatic heterocycles. The largest absolute Gasteiger partial charge is 0.396 e. The third-order valence-corrected chi connectivity index (χ3v) is 3.80. The molecule has 0 aliphatic carbocycles. The van der Waals surface area contributed by atoms with Gasteiger partial charge < -0.3 is 15.2 Å². The molecule has 4 heteroatoms. The monoisotopic (exact) mass is 250 g/mol. The van der Waals surface area contributed by atoms with Crippen LogP contribution in [0.25, 0.3) is 0 Å². The summed E-state index contributed by atoms with van der Waals surface area (Å²) in [6.07, 6.45) is 3.65. The minimum absolute atomic E-state index is 0.0265. The van der Waals surface area contributed by atoms with Gasteiger partial charge in [-0.3, -0.25) is 4.98 Å². The summed E-state index contributed by atoms with van der Waals surface area (Å²) in [7, 11) is 0. The zero-order valence-electron chi connectivity index (χ0n) is 10.9. The topological polar surface area (TPSA) is 54.4 Å². The third kappa shape index (κ3) is 3.28. The van der Waals surface area contributed by atoms with Gasteiger partial charge in [-0.15, -0.1) is 0 Å². The number of nitrogens with zero attached hydrogens (tertiary/aromatic N) is 1. The normalized spacial score (nSPS) is 20.6. The molecule has 0 spiro atoms. The molecule has 4 nitrogen and oxygen atoms in total. The highest BCUT2D eigenvalue weighted by molar-refractivity contribution is 5.07. The van der Waals surface area contributed by atoms with Gasteiger partial charge >= 0.3 is 0 Å². The van der Waals surface area contributed by atoms with E-state index in [-0.39, 0.29) is 18.1 Å². The molecule has 1 atom stereocenters. The van der Waals surface area contributed by atoms with E-state index in [0.29, 0.717) is 0 Å². The molecule has 1 unspecified atom stereocenters. The fourth-order valence-corrected chi connectivity index (χ4v) is 2.30. The number of pyridine rings is 1. The number of aromatic nitrogens is 1. The lowest BCUT2D eigenvalue weighted by Gasteiger charge is -2.36. The number of aliphatic hydroxyl groups is 1. The van der Waals surface area contributed by atoms with E-state index < -0.39 is 0 Å². The van der Waals surface area contributed by atoms with E-state index in [2.05, 4.69) is 17.2 Å². The van der Waals surface area contributed by atoms with Crippen LogP contribution in [0.2, 0.25) is 0 Å². The molecule has 0 aromatic carbocycles. The minimum atomic E-state index is -0.0265. The zero-order valence-corrected chi connectivity index (χ0v) is 10.9. The van der Waals surface area contributed by atoms with Crippen LogP contribution in [-0.2, 0) is 4.74 Å². The predicted molar refractivity (Wildman–Crippen MR) is 70.2 cm³/mol. The van der Waals surface area contributed by atoms with Gasteiger partial charge in [0, 0.05) is 37.4 Å². The maximum Gasteiger partial charge on any atom is 0.0570 e. The van der Waals surface area contributed by atoms with Crippen LogP contribution in [0.1, 0.15) is 31.5 Å².